The minimum atomic E-state index is 0.582. The van der Waals surface area contributed by atoms with Crippen molar-refractivity contribution in [2.75, 3.05) is 0 Å². The lowest BCUT2D eigenvalue weighted by Crippen LogP contribution is -2.43. The van der Waals surface area contributed by atoms with Gasteiger partial charge in [0.05, 0.1) is 0 Å². The van der Waals surface area contributed by atoms with Crippen LogP contribution < -0.4 is 5.32 Å². The monoisotopic (exact) mass is 209 g/mol. The predicted octanol–water partition coefficient (Wildman–Crippen LogP) is 3.59. The average molecular weight is 209 g/mol. The van der Waals surface area contributed by atoms with Crippen LogP contribution >= 0.6 is 0 Å². The van der Waals surface area contributed by atoms with E-state index in [4.69, 9.17) is 0 Å². The van der Waals surface area contributed by atoms with E-state index in [0.717, 1.165) is 23.9 Å². The zero-order valence-electron chi connectivity index (χ0n) is 10.8. The van der Waals surface area contributed by atoms with Crippen molar-refractivity contribution in [1.82, 2.24) is 5.32 Å². The molecule has 0 heterocycles. The van der Waals surface area contributed by atoms with Crippen LogP contribution in [0, 0.1) is 17.3 Å². The first-order valence-corrected chi connectivity index (χ1v) is 6.77. The van der Waals surface area contributed by atoms with Crippen molar-refractivity contribution in [2.45, 2.75) is 71.9 Å². The fourth-order valence-electron chi connectivity index (χ4n) is 3.17. The molecule has 1 N–H and O–H groups in total. The highest BCUT2D eigenvalue weighted by Crippen LogP contribution is 2.46. The minimum absolute atomic E-state index is 0.582. The molecule has 1 nitrogen and oxygen atoms in total. The van der Waals surface area contributed by atoms with Crippen molar-refractivity contribution >= 4 is 0 Å². The third-order valence-electron chi connectivity index (χ3n) is 4.60. The van der Waals surface area contributed by atoms with E-state index in [0.29, 0.717) is 5.41 Å². The molecule has 2 rings (SSSR count). The Hall–Kier alpha value is -0.0400. The molecule has 2 saturated carbocycles. The zero-order valence-corrected chi connectivity index (χ0v) is 10.8. The second-order valence-electron chi connectivity index (χ2n) is 6.71. The van der Waals surface area contributed by atoms with Gasteiger partial charge in [0, 0.05) is 12.1 Å². The fraction of sp³-hybridized carbons (Fsp3) is 1.00. The molecule has 15 heavy (non-hydrogen) atoms. The molecule has 0 aromatic carbocycles. The molecule has 0 spiro atoms. The molecule has 0 aromatic heterocycles. The lowest BCUT2D eigenvalue weighted by Gasteiger charge is -2.35. The van der Waals surface area contributed by atoms with E-state index in [-0.39, 0.29) is 0 Å². The maximum absolute atomic E-state index is 3.91. The summed E-state index contributed by atoms with van der Waals surface area (Å²) < 4.78 is 0. The number of rotatable bonds is 3. The molecule has 2 aliphatic rings. The minimum Gasteiger partial charge on any atom is -0.310 e. The van der Waals surface area contributed by atoms with Gasteiger partial charge in [-0.05, 0) is 36.5 Å². The lowest BCUT2D eigenvalue weighted by molar-refractivity contribution is 0.200. The maximum atomic E-state index is 3.91. The van der Waals surface area contributed by atoms with E-state index in [1.807, 2.05) is 0 Å². The molecule has 0 radical (unpaired) electrons. The van der Waals surface area contributed by atoms with E-state index < -0.39 is 0 Å². The highest BCUT2D eigenvalue weighted by atomic mass is 15.0. The molecule has 2 aliphatic carbocycles. The summed E-state index contributed by atoms with van der Waals surface area (Å²) in [5.74, 6) is 1.78. The van der Waals surface area contributed by atoms with Crippen LogP contribution in [0.3, 0.4) is 0 Å². The maximum Gasteiger partial charge on any atom is 0.0127 e. The van der Waals surface area contributed by atoms with Crippen molar-refractivity contribution in [1.29, 1.82) is 0 Å². The molecule has 0 amide bonds. The summed E-state index contributed by atoms with van der Waals surface area (Å²) in [6, 6.07) is 1.62. The summed E-state index contributed by atoms with van der Waals surface area (Å²) in [4.78, 5) is 0. The van der Waals surface area contributed by atoms with Crippen LogP contribution in [0.15, 0.2) is 0 Å². The van der Waals surface area contributed by atoms with Gasteiger partial charge < -0.3 is 5.32 Å². The fourth-order valence-corrected chi connectivity index (χ4v) is 3.17. The van der Waals surface area contributed by atoms with Gasteiger partial charge in [0.25, 0.3) is 0 Å². The van der Waals surface area contributed by atoms with Gasteiger partial charge in [-0.25, -0.2) is 0 Å². The number of nitrogens with one attached hydrogen (secondary N) is 1. The predicted molar refractivity (Wildman–Crippen MR) is 65.9 cm³/mol. The number of hydrogen-bond donors (Lipinski definition) is 1. The second kappa shape index (κ2) is 4.08. The van der Waals surface area contributed by atoms with Crippen molar-refractivity contribution < 1.29 is 0 Å². The summed E-state index contributed by atoms with van der Waals surface area (Å²) in [7, 11) is 0. The Morgan fingerprint density at radius 3 is 2.27 bits per heavy atom. The van der Waals surface area contributed by atoms with Crippen molar-refractivity contribution in [3.63, 3.8) is 0 Å². The largest absolute Gasteiger partial charge is 0.310 e. The Bertz CT molecular complexity index is 219. The van der Waals surface area contributed by atoms with Gasteiger partial charge in [-0.3, -0.25) is 0 Å². The van der Waals surface area contributed by atoms with Crippen molar-refractivity contribution in [3.05, 3.63) is 0 Å². The summed E-state index contributed by atoms with van der Waals surface area (Å²) in [5, 5.41) is 3.91. The van der Waals surface area contributed by atoms with Crippen LogP contribution in [-0.4, -0.2) is 12.1 Å². The highest BCUT2D eigenvalue weighted by molar-refractivity contribution is 5.03. The standard InChI is InChI=1S/C14H27N/c1-10(2)11-7-5-6-8-12(11)15-13-9-14(13,3)4/h10-13,15H,5-9H2,1-4H3. The summed E-state index contributed by atoms with van der Waals surface area (Å²) in [5.41, 5.74) is 0.582. The van der Waals surface area contributed by atoms with Crippen LogP contribution in [0.4, 0.5) is 0 Å². The molecule has 3 atom stereocenters. The van der Waals surface area contributed by atoms with Crippen LogP contribution in [-0.2, 0) is 0 Å². The normalized spacial score (nSPS) is 39.4. The quantitative estimate of drug-likeness (QED) is 0.749. The second-order valence-corrected chi connectivity index (χ2v) is 6.71. The van der Waals surface area contributed by atoms with Crippen molar-refractivity contribution in [2.24, 2.45) is 17.3 Å². The van der Waals surface area contributed by atoms with Gasteiger partial charge in [0.2, 0.25) is 0 Å². The molecular formula is C14H27N. The van der Waals surface area contributed by atoms with Gasteiger partial charge in [0.1, 0.15) is 0 Å². The third-order valence-corrected chi connectivity index (χ3v) is 4.60. The molecule has 3 unspecified atom stereocenters. The van der Waals surface area contributed by atoms with E-state index in [1.165, 1.54) is 32.1 Å². The molecule has 0 saturated heterocycles. The van der Waals surface area contributed by atoms with Crippen LogP contribution in [0.2, 0.25) is 0 Å². The first-order chi connectivity index (χ1) is 7.00. The summed E-state index contributed by atoms with van der Waals surface area (Å²) in [6.45, 7) is 9.56. The van der Waals surface area contributed by atoms with E-state index in [9.17, 15) is 0 Å². The van der Waals surface area contributed by atoms with E-state index in [1.54, 1.807) is 0 Å². The SMILES string of the molecule is CC(C)C1CCCCC1NC1CC1(C)C. The summed E-state index contributed by atoms with van der Waals surface area (Å²) in [6.07, 6.45) is 7.13. The topological polar surface area (TPSA) is 12.0 Å². The summed E-state index contributed by atoms with van der Waals surface area (Å²) >= 11 is 0. The lowest BCUT2D eigenvalue weighted by atomic mass is 9.77. The highest BCUT2D eigenvalue weighted by Gasteiger charge is 2.47. The Labute approximate surface area is 95.0 Å². The van der Waals surface area contributed by atoms with Gasteiger partial charge in [-0.2, -0.15) is 0 Å². The molecule has 1 heteroatoms. The first kappa shape index (κ1) is 11.4. The van der Waals surface area contributed by atoms with Gasteiger partial charge in [-0.15, -0.1) is 0 Å². The van der Waals surface area contributed by atoms with Crippen molar-refractivity contribution in [3.8, 4) is 0 Å². The molecule has 0 aliphatic heterocycles. The number of hydrogen-bond acceptors (Lipinski definition) is 1. The third kappa shape index (κ3) is 2.55. The smallest absolute Gasteiger partial charge is 0.0127 e. The molecule has 88 valence electrons. The van der Waals surface area contributed by atoms with E-state index in [2.05, 4.69) is 33.0 Å². The van der Waals surface area contributed by atoms with Crippen LogP contribution in [0.25, 0.3) is 0 Å². The molecule has 2 fully saturated rings. The van der Waals surface area contributed by atoms with Gasteiger partial charge >= 0.3 is 0 Å². The Kier molecular flexibility index (Phi) is 3.12. The molecule has 0 aromatic rings. The Morgan fingerprint density at radius 2 is 1.73 bits per heavy atom. The Balaban J connectivity index is 1.88. The first-order valence-electron chi connectivity index (χ1n) is 6.77. The van der Waals surface area contributed by atoms with Gasteiger partial charge in [-0.1, -0.05) is 40.5 Å². The van der Waals surface area contributed by atoms with E-state index >= 15 is 0 Å². The molecule has 0 bridgehead atoms. The molecular weight excluding hydrogens is 182 g/mol. The van der Waals surface area contributed by atoms with Crippen LogP contribution in [0.5, 0.6) is 0 Å². The van der Waals surface area contributed by atoms with Gasteiger partial charge in [0.15, 0.2) is 0 Å². The Morgan fingerprint density at radius 1 is 1.13 bits per heavy atom. The average Bonchev–Trinajstić information content (AvgIpc) is 2.74. The zero-order chi connectivity index (χ0) is 11.1. The van der Waals surface area contributed by atoms with Crippen LogP contribution in [0.1, 0.15) is 59.8 Å².